The maximum Gasteiger partial charge on any atom is 0.246 e. The van der Waals surface area contributed by atoms with Crippen LogP contribution in [-0.2, 0) is 16.1 Å². The molecule has 1 fully saturated rings. The highest BCUT2D eigenvalue weighted by molar-refractivity contribution is 5.97. The zero-order chi connectivity index (χ0) is 15.6. The van der Waals surface area contributed by atoms with Crippen LogP contribution >= 0.6 is 0 Å². The Hall–Kier alpha value is -1.84. The van der Waals surface area contributed by atoms with Gasteiger partial charge in [-0.05, 0) is 32.3 Å². The molecule has 1 aliphatic heterocycles. The van der Waals surface area contributed by atoms with E-state index in [4.69, 9.17) is 0 Å². The predicted octanol–water partition coefficient (Wildman–Crippen LogP) is 2.32. The van der Waals surface area contributed by atoms with Crippen LogP contribution < -0.4 is 5.32 Å². The number of hydrogen-bond donors (Lipinski definition) is 1. The van der Waals surface area contributed by atoms with Gasteiger partial charge >= 0.3 is 0 Å². The summed E-state index contributed by atoms with van der Waals surface area (Å²) in [6.07, 6.45) is 1.26. The normalized spacial score (nSPS) is 17.8. The molecule has 2 amide bonds. The first-order valence-corrected chi connectivity index (χ1v) is 7.59. The average Bonchev–Trinajstić information content (AvgIpc) is 2.43. The van der Waals surface area contributed by atoms with E-state index in [0.29, 0.717) is 19.4 Å². The Morgan fingerprint density at radius 2 is 1.67 bits per heavy atom. The molecule has 4 nitrogen and oxygen atoms in total. The SMILES string of the molecule is CCC1(CC)C(=O)NCC(=O)N1Cc1cc(C)cc(C)c1. The summed E-state index contributed by atoms with van der Waals surface area (Å²) >= 11 is 0. The molecule has 0 aliphatic carbocycles. The molecule has 0 saturated carbocycles. The number of benzene rings is 1. The smallest absolute Gasteiger partial charge is 0.246 e. The van der Waals surface area contributed by atoms with E-state index in [-0.39, 0.29) is 18.4 Å². The van der Waals surface area contributed by atoms with Gasteiger partial charge in [0.25, 0.3) is 0 Å². The van der Waals surface area contributed by atoms with Gasteiger partial charge in [0, 0.05) is 6.54 Å². The Morgan fingerprint density at radius 3 is 2.19 bits per heavy atom. The van der Waals surface area contributed by atoms with Gasteiger partial charge in [-0.3, -0.25) is 9.59 Å². The lowest BCUT2D eigenvalue weighted by molar-refractivity contribution is -0.155. The maximum absolute atomic E-state index is 12.4. The highest BCUT2D eigenvalue weighted by Crippen LogP contribution is 2.29. The minimum atomic E-state index is -0.715. The first-order chi connectivity index (χ1) is 9.92. The van der Waals surface area contributed by atoms with Gasteiger partial charge in [-0.15, -0.1) is 0 Å². The molecule has 0 aromatic heterocycles. The van der Waals surface area contributed by atoms with Crippen LogP contribution in [0.5, 0.6) is 0 Å². The molecule has 1 heterocycles. The Labute approximate surface area is 126 Å². The molecule has 1 aromatic rings. The van der Waals surface area contributed by atoms with Crippen molar-refractivity contribution in [3.05, 3.63) is 34.9 Å². The van der Waals surface area contributed by atoms with E-state index >= 15 is 0 Å². The summed E-state index contributed by atoms with van der Waals surface area (Å²) < 4.78 is 0. The fourth-order valence-corrected chi connectivity index (χ4v) is 3.31. The van der Waals surface area contributed by atoms with Crippen LogP contribution in [0.2, 0.25) is 0 Å². The van der Waals surface area contributed by atoms with E-state index in [9.17, 15) is 9.59 Å². The highest BCUT2D eigenvalue weighted by Gasteiger charge is 2.46. The minimum Gasteiger partial charge on any atom is -0.345 e. The lowest BCUT2D eigenvalue weighted by Crippen LogP contribution is -2.66. The van der Waals surface area contributed by atoms with Crippen LogP contribution in [0.25, 0.3) is 0 Å². The molecular weight excluding hydrogens is 264 g/mol. The fourth-order valence-electron chi connectivity index (χ4n) is 3.31. The summed E-state index contributed by atoms with van der Waals surface area (Å²) in [5, 5.41) is 2.73. The number of carbonyl (C=O) groups excluding carboxylic acids is 2. The van der Waals surface area contributed by atoms with Gasteiger partial charge in [0.05, 0.1) is 6.54 Å². The van der Waals surface area contributed by atoms with Crippen LogP contribution in [0.3, 0.4) is 0 Å². The van der Waals surface area contributed by atoms with Crippen LogP contribution in [-0.4, -0.2) is 28.8 Å². The van der Waals surface area contributed by atoms with E-state index in [1.807, 2.05) is 27.7 Å². The largest absolute Gasteiger partial charge is 0.345 e. The topological polar surface area (TPSA) is 49.4 Å². The summed E-state index contributed by atoms with van der Waals surface area (Å²) in [5.74, 6) is -0.0334. The molecular formula is C17H24N2O2. The third kappa shape index (κ3) is 2.80. The van der Waals surface area contributed by atoms with Gasteiger partial charge in [0.15, 0.2) is 0 Å². The van der Waals surface area contributed by atoms with Crippen molar-refractivity contribution in [1.82, 2.24) is 10.2 Å². The molecule has 1 N–H and O–H groups in total. The number of piperazine rings is 1. The third-order valence-corrected chi connectivity index (χ3v) is 4.43. The molecule has 21 heavy (non-hydrogen) atoms. The molecule has 0 spiro atoms. The van der Waals surface area contributed by atoms with Gasteiger partial charge in [0.2, 0.25) is 11.8 Å². The van der Waals surface area contributed by atoms with Gasteiger partial charge in [0.1, 0.15) is 5.54 Å². The highest BCUT2D eigenvalue weighted by atomic mass is 16.2. The second-order valence-corrected chi connectivity index (χ2v) is 5.90. The molecule has 1 aliphatic rings. The van der Waals surface area contributed by atoms with Crippen molar-refractivity contribution in [3.8, 4) is 0 Å². The standard InChI is InChI=1S/C17H24N2O2/c1-5-17(6-2)16(21)18-10-15(20)19(17)11-14-8-12(3)7-13(4)9-14/h7-9H,5-6,10-11H2,1-4H3,(H,18,21). The van der Waals surface area contributed by atoms with Crippen molar-refractivity contribution in [3.63, 3.8) is 0 Å². The van der Waals surface area contributed by atoms with Crippen LogP contribution in [0.15, 0.2) is 18.2 Å². The van der Waals surface area contributed by atoms with Crippen LogP contribution in [0.4, 0.5) is 0 Å². The van der Waals surface area contributed by atoms with Gasteiger partial charge in [-0.25, -0.2) is 0 Å². The van der Waals surface area contributed by atoms with E-state index in [1.165, 1.54) is 11.1 Å². The number of carbonyl (C=O) groups is 2. The quantitative estimate of drug-likeness (QED) is 0.924. The number of nitrogens with zero attached hydrogens (tertiary/aromatic N) is 1. The molecule has 0 unspecified atom stereocenters. The van der Waals surface area contributed by atoms with Crippen molar-refractivity contribution < 1.29 is 9.59 Å². The third-order valence-electron chi connectivity index (χ3n) is 4.43. The van der Waals surface area contributed by atoms with Gasteiger partial charge in [-0.1, -0.05) is 43.2 Å². The van der Waals surface area contributed by atoms with E-state index in [2.05, 4.69) is 23.5 Å². The molecule has 1 aromatic carbocycles. The van der Waals surface area contributed by atoms with E-state index in [0.717, 1.165) is 5.56 Å². The zero-order valence-electron chi connectivity index (χ0n) is 13.3. The summed E-state index contributed by atoms with van der Waals surface area (Å²) in [7, 11) is 0. The number of nitrogens with one attached hydrogen (secondary N) is 1. The van der Waals surface area contributed by atoms with Crippen LogP contribution in [0, 0.1) is 13.8 Å². The lowest BCUT2D eigenvalue weighted by atomic mass is 9.87. The molecule has 0 atom stereocenters. The number of hydrogen-bond acceptors (Lipinski definition) is 2. The fraction of sp³-hybridized carbons (Fsp3) is 0.529. The lowest BCUT2D eigenvalue weighted by Gasteiger charge is -2.45. The molecule has 114 valence electrons. The Morgan fingerprint density at radius 1 is 1.10 bits per heavy atom. The van der Waals surface area contributed by atoms with Crippen molar-refractivity contribution in [2.75, 3.05) is 6.54 Å². The van der Waals surface area contributed by atoms with Crippen LogP contribution in [0.1, 0.15) is 43.4 Å². The summed E-state index contributed by atoms with van der Waals surface area (Å²) in [6.45, 7) is 8.64. The first-order valence-electron chi connectivity index (χ1n) is 7.59. The van der Waals surface area contributed by atoms with Crippen molar-refractivity contribution in [2.24, 2.45) is 0 Å². The Balaban J connectivity index is 2.37. The minimum absolute atomic E-state index is 0.00235. The monoisotopic (exact) mass is 288 g/mol. The second-order valence-electron chi connectivity index (χ2n) is 5.90. The first kappa shape index (κ1) is 15.5. The maximum atomic E-state index is 12.4. The van der Waals surface area contributed by atoms with Gasteiger partial charge in [-0.2, -0.15) is 0 Å². The predicted molar refractivity (Wildman–Crippen MR) is 82.8 cm³/mol. The summed E-state index contributed by atoms with van der Waals surface area (Å²) in [6, 6.07) is 6.28. The van der Waals surface area contributed by atoms with E-state index in [1.54, 1.807) is 4.90 Å². The van der Waals surface area contributed by atoms with E-state index < -0.39 is 5.54 Å². The Bertz CT molecular complexity index is 542. The second kappa shape index (κ2) is 5.88. The zero-order valence-corrected chi connectivity index (χ0v) is 13.3. The number of aryl methyl sites for hydroxylation is 2. The summed E-state index contributed by atoms with van der Waals surface area (Å²) in [4.78, 5) is 26.5. The molecule has 4 heteroatoms. The van der Waals surface area contributed by atoms with Crippen molar-refractivity contribution in [1.29, 1.82) is 0 Å². The number of rotatable bonds is 4. The Kier molecular flexibility index (Phi) is 4.35. The summed E-state index contributed by atoms with van der Waals surface area (Å²) in [5.41, 5.74) is 2.73. The average molecular weight is 288 g/mol. The number of amides is 2. The molecule has 0 radical (unpaired) electrons. The van der Waals surface area contributed by atoms with Crippen molar-refractivity contribution in [2.45, 2.75) is 52.6 Å². The molecule has 0 bridgehead atoms. The molecule has 2 rings (SSSR count). The molecule has 1 saturated heterocycles. The van der Waals surface area contributed by atoms with Gasteiger partial charge < -0.3 is 10.2 Å². The van der Waals surface area contributed by atoms with Crippen molar-refractivity contribution >= 4 is 11.8 Å².